The summed E-state index contributed by atoms with van der Waals surface area (Å²) < 4.78 is 12.8. The van der Waals surface area contributed by atoms with Gasteiger partial charge in [-0.25, -0.2) is 9.38 Å². The van der Waals surface area contributed by atoms with Crippen molar-refractivity contribution in [2.75, 3.05) is 0 Å². The first-order valence-corrected chi connectivity index (χ1v) is 7.20. The molecule has 0 radical (unpaired) electrons. The van der Waals surface area contributed by atoms with Gasteiger partial charge in [-0.2, -0.15) is 0 Å². The second-order valence-electron chi connectivity index (χ2n) is 4.45. The molecule has 1 aromatic carbocycles. The lowest BCUT2D eigenvalue weighted by Gasteiger charge is -2.23. The number of fused-ring (bicyclic) bond motifs is 1. The lowest BCUT2D eigenvalue weighted by molar-refractivity contribution is -0.117. The predicted molar refractivity (Wildman–Crippen MR) is 81.5 cm³/mol. The van der Waals surface area contributed by atoms with Crippen molar-refractivity contribution in [3.63, 3.8) is 0 Å². The van der Waals surface area contributed by atoms with Crippen LogP contribution in [0.25, 0.3) is 0 Å². The van der Waals surface area contributed by atoms with Gasteiger partial charge in [0.25, 0.3) is 5.91 Å². The minimum absolute atomic E-state index is 0.164. The Morgan fingerprint density at radius 3 is 2.95 bits per heavy atom. The number of allylic oxidation sites excluding steroid dienone is 1. The van der Waals surface area contributed by atoms with E-state index in [1.54, 1.807) is 35.8 Å². The van der Waals surface area contributed by atoms with E-state index >= 15 is 0 Å². The number of nitrogens with one attached hydrogen (secondary N) is 1. The molecule has 0 spiro atoms. The van der Waals surface area contributed by atoms with E-state index < -0.39 is 0 Å². The number of thioether (sulfide) groups is 1. The van der Waals surface area contributed by atoms with Crippen molar-refractivity contribution in [1.82, 2.24) is 10.2 Å². The van der Waals surface area contributed by atoms with Gasteiger partial charge in [0.15, 0.2) is 0 Å². The number of aliphatic imine (C=N–C) groups is 1. The van der Waals surface area contributed by atoms with Crippen LogP contribution in [-0.2, 0) is 11.3 Å². The first kappa shape index (κ1) is 13.6. The number of halogens is 1. The zero-order chi connectivity index (χ0) is 14.7. The first-order valence-electron chi connectivity index (χ1n) is 6.32. The molecular weight excluding hydrogens is 289 g/mol. The Balaban J connectivity index is 1.61. The van der Waals surface area contributed by atoms with Crippen LogP contribution in [0.15, 0.2) is 63.7 Å². The van der Waals surface area contributed by atoms with Gasteiger partial charge in [-0.15, -0.1) is 0 Å². The molecule has 0 unspecified atom stereocenters. The highest BCUT2D eigenvalue weighted by atomic mass is 32.2. The van der Waals surface area contributed by atoms with Crippen molar-refractivity contribution in [3.05, 3.63) is 70.1 Å². The smallest absolute Gasteiger partial charge is 0.259 e. The molecule has 6 heteroatoms. The maximum Gasteiger partial charge on any atom is 0.259 e. The Morgan fingerprint density at radius 1 is 1.33 bits per heavy atom. The van der Waals surface area contributed by atoms with Crippen LogP contribution < -0.4 is 5.32 Å². The molecule has 0 aliphatic carbocycles. The van der Waals surface area contributed by atoms with Crippen LogP contribution in [0.3, 0.4) is 0 Å². The maximum absolute atomic E-state index is 12.8. The van der Waals surface area contributed by atoms with Gasteiger partial charge in [-0.3, -0.25) is 4.79 Å². The van der Waals surface area contributed by atoms with Crippen LogP contribution in [0.1, 0.15) is 5.56 Å². The molecule has 2 aliphatic heterocycles. The lowest BCUT2D eigenvalue weighted by atomic mass is 10.2. The number of benzene rings is 1. The standard InChI is InChI=1S/C15H12FN3OS/c16-12-3-1-11(2-4-12)7-18-15(20)14-8-19-10-17-6-5-13(19)9-21-14/h1-6,8-10H,7H2,(H,18,20). The van der Waals surface area contributed by atoms with E-state index in [2.05, 4.69) is 10.3 Å². The second kappa shape index (κ2) is 5.97. The van der Waals surface area contributed by atoms with Gasteiger partial charge in [0, 0.05) is 24.4 Å². The Hall–Kier alpha value is -2.34. The summed E-state index contributed by atoms with van der Waals surface area (Å²) in [6, 6.07) is 6.06. The molecule has 1 aromatic rings. The van der Waals surface area contributed by atoms with Gasteiger partial charge >= 0.3 is 0 Å². The SMILES string of the molecule is O=C(NCc1ccc(F)cc1)C1=CN2C=NC=CC2=CS1. The molecule has 0 aromatic heterocycles. The Labute approximate surface area is 125 Å². The summed E-state index contributed by atoms with van der Waals surface area (Å²) in [5.74, 6) is -0.451. The minimum Gasteiger partial charge on any atom is -0.347 e. The molecule has 21 heavy (non-hydrogen) atoms. The van der Waals surface area contributed by atoms with E-state index in [9.17, 15) is 9.18 Å². The van der Waals surface area contributed by atoms with E-state index in [1.165, 1.54) is 23.9 Å². The van der Waals surface area contributed by atoms with Crippen molar-refractivity contribution >= 4 is 24.0 Å². The Bertz CT molecular complexity index is 677. The normalized spacial score (nSPS) is 16.1. The summed E-state index contributed by atoms with van der Waals surface area (Å²) in [5.41, 5.74) is 1.83. The van der Waals surface area contributed by atoms with Gasteiger partial charge in [0.2, 0.25) is 0 Å². The van der Waals surface area contributed by atoms with E-state index in [1.807, 2.05) is 11.5 Å². The van der Waals surface area contributed by atoms with Crippen molar-refractivity contribution in [2.24, 2.45) is 4.99 Å². The van der Waals surface area contributed by atoms with Crippen molar-refractivity contribution in [1.29, 1.82) is 0 Å². The number of amides is 1. The third kappa shape index (κ3) is 3.22. The fourth-order valence-electron chi connectivity index (χ4n) is 1.85. The minimum atomic E-state index is -0.286. The fourth-order valence-corrected chi connectivity index (χ4v) is 2.66. The molecule has 3 rings (SSSR count). The van der Waals surface area contributed by atoms with Crippen molar-refractivity contribution < 1.29 is 9.18 Å². The highest BCUT2D eigenvalue weighted by molar-refractivity contribution is 8.06. The molecule has 0 bridgehead atoms. The van der Waals surface area contributed by atoms with Crippen LogP contribution in [0, 0.1) is 5.82 Å². The topological polar surface area (TPSA) is 44.7 Å². The molecule has 0 atom stereocenters. The van der Waals surface area contributed by atoms with E-state index in [0.717, 1.165) is 11.3 Å². The highest BCUT2D eigenvalue weighted by Crippen LogP contribution is 2.28. The number of hydrogen-bond acceptors (Lipinski definition) is 4. The summed E-state index contributed by atoms with van der Waals surface area (Å²) in [7, 11) is 0. The maximum atomic E-state index is 12.8. The average molecular weight is 301 g/mol. The Kier molecular flexibility index (Phi) is 3.87. The van der Waals surface area contributed by atoms with Crippen LogP contribution in [0.4, 0.5) is 4.39 Å². The molecule has 1 N–H and O–H groups in total. The number of carbonyl (C=O) groups excluding carboxylic acids is 1. The monoisotopic (exact) mass is 301 g/mol. The summed E-state index contributed by atoms with van der Waals surface area (Å²) in [4.78, 5) is 18.5. The van der Waals surface area contributed by atoms with E-state index in [4.69, 9.17) is 0 Å². The summed E-state index contributed by atoms with van der Waals surface area (Å²) in [5, 5.41) is 4.71. The Morgan fingerprint density at radius 2 is 2.14 bits per heavy atom. The van der Waals surface area contributed by atoms with Crippen LogP contribution in [-0.4, -0.2) is 17.1 Å². The molecule has 0 fully saturated rings. The molecule has 2 heterocycles. The van der Waals surface area contributed by atoms with E-state index in [-0.39, 0.29) is 11.7 Å². The molecule has 4 nitrogen and oxygen atoms in total. The van der Waals surface area contributed by atoms with Crippen molar-refractivity contribution in [3.8, 4) is 0 Å². The van der Waals surface area contributed by atoms with Crippen LogP contribution in [0.5, 0.6) is 0 Å². The average Bonchev–Trinajstić information content (AvgIpc) is 2.53. The summed E-state index contributed by atoms with van der Waals surface area (Å²) in [6.45, 7) is 0.363. The summed E-state index contributed by atoms with van der Waals surface area (Å²) >= 11 is 1.37. The quantitative estimate of drug-likeness (QED) is 0.933. The lowest BCUT2D eigenvalue weighted by Crippen LogP contribution is -2.27. The molecule has 106 valence electrons. The highest BCUT2D eigenvalue weighted by Gasteiger charge is 2.17. The van der Waals surface area contributed by atoms with Gasteiger partial charge in [0.1, 0.15) is 5.82 Å². The number of rotatable bonds is 3. The van der Waals surface area contributed by atoms with Gasteiger partial charge in [-0.05, 0) is 23.8 Å². The van der Waals surface area contributed by atoms with Gasteiger partial charge < -0.3 is 10.2 Å². The largest absolute Gasteiger partial charge is 0.347 e. The predicted octanol–water partition coefficient (Wildman–Crippen LogP) is 2.73. The summed E-state index contributed by atoms with van der Waals surface area (Å²) in [6.07, 6.45) is 6.97. The zero-order valence-corrected chi connectivity index (χ0v) is 11.8. The molecule has 1 amide bonds. The molecule has 0 saturated heterocycles. The van der Waals surface area contributed by atoms with Crippen LogP contribution in [0.2, 0.25) is 0 Å². The molecule has 0 saturated carbocycles. The van der Waals surface area contributed by atoms with Gasteiger partial charge in [-0.1, -0.05) is 23.9 Å². The number of carbonyl (C=O) groups is 1. The second-order valence-corrected chi connectivity index (χ2v) is 5.36. The molecule has 2 aliphatic rings. The van der Waals surface area contributed by atoms with E-state index in [0.29, 0.717) is 11.4 Å². The van der Waals surface area contributed by atoms with Crippen LogP contribution >= 0.6 is 11.8 Å². The zero-order valence-electron chi connectivity index (χ0n) is 11.0. The third-order valence-electron chi connectivity index (χ3n) is 2.97. The fraction of sp³-hybridized carbons (Fsp3) is 0.0667. The molecular formula is C15H12FN3OS. The van der Waals surface area contributed by atoms with Gasteiger partial charge in [0.05, 0.1) is 16.9 Å². The third-order valence-corrected chi connectivity index (χ3v) is 3.88. The first-order chi connectivity index (χ1) is 10.2. The van der Waals surface area contributed by atoms with Crippen molar-refractivity contribution in [2.45, 2.75) is 6.54 Å². The number of nitrogens with zero attached hydrogens (tertiary/aromatic N) is 2. The number of hydrogen-bond donors (Lipinski definition) is 1.